The second kappa shape index (κ2) is 5.06. The minimum Gasteiger partial charge on any atom is -0.369 e. The van der Waals surface area contributed by atoms with Crippen molar-refractivity contribution in [2.24, 2.45) is 23.5 Å². The normalized spacial score (nSPS) is 35.8. The smallest absolute Gasteiger partial charge is 0.220 e. The lowest BCUT2D eigenvalue weighted by molar-refractivity contribution is -0.126. The summed E-state index contributed by atoms with van der Waals surface area (Å²) in [4.78, 5) is 11.0. The Morgan fingerprint density at radius 2 is 1.62 bits per heavy atom. The van der Waals surface area contributed by atoms with Crippen LogP contribution in [0.25, 0.3) is 0 Å². The van der Waals surface area contributed by atoms with Crippen LogP contribution in [0.5, 0.6) is 0 Å². The van der Waals surface area contributed by atoms with Gasteiger partial charge in [-0.1, -0.05) is 12.8 Å². The van der Waals surface area contributed by atoms with Crippen LogP contribution in [0.3, 0.4) is 0 Å². The fourth-order valence-electron chi connectivity index (χ4n) is 2.73. The monoisotopic (exact) mass is 225 g/mol. The minimum absolute atomic E-state index is 0. The maximum absolute atomic E-state index is 11.0. The van der Waals surface area contributed by atoms with Gasteiger partial charge < -0.3 is 5.73 Å². The molecule has 0 aromatic carbocycles. The standard InChI is InChI=1S/C9H15NO.2ClH/c10-9(11)8-5-6-1-3-7(8)4-2-6;;/h6-8H,1-5H2,(H2,10,11);2*1H. The van der Waals surface area contributed by atoms with Gasteiger partial charge in [-0.2, -0.15) is 0 Å². The Morgan fingerprint density at radius 1 is 1.08 bits per heavy atom. The highest BCUT2D eigenvalue weighted by Crippen LogP contribution is 2.44. The van der Waals surface area contributed by atoms with Crippen LogP contribution in [0.1, 0.15) is 32.1 Å². The molecule has 1 atom stereocenters. The number of hydrogen-bond donors (Lipinski definition) is 1. The van der Waals surface area contributed by atoms with E-state index in [-0.39, 0.29) is 36.6 Å². The first-order valence-electron chi connectivity index (χ1n) is 4.56. The highest BCUT2D eigenvalue weighted by Gasteiger charge is 2.38. The van der Waals surface area contributed by atoms with Crippen molar-refractivity contribution >= 4 is 30.7 Å². The van der Waals surface area contributed by atoms with Crippen LogP contribution in [-0.2, 0) is 4.79 Å². The van der Waals surface area contributed by atoms with E-state index in [0.717, 1.165) is 12.3 Å². The highest BCUT2D eigenvalue weighted by molar-refractivity contribution is 5.85. The Hall–Kier alpha value is 0.0500. The van der Waals surface area contributed by atoms with E-state index in [2.05, 4.69) is 0 Å². The minimum atomic E-state index is -0.0561. The summed E-state index contributed by atoms with van der Waals surface area (Å²) in [6, 6.07) is 0. The first-order chi connectivity index (χ1) is 5.27. The van der Waals surface area contributed by atoms with Crippen molar-refractivity contribution in [2.45, 2.75) is 32.1 Å². The number of halogens is 2. The van der Waals surface area contributed by atoms with Crippen molar-refractivity contribution in [3.05, 3.63) is 0 Å². The zero-order chi connectivity index (χ0) is 7.84. The van der Waals surface area contributed by atoms with Gasteiger partial charge in [-0.25, -0.2) is 0 Å². The second-order valence-electron chi connectivity index (χ2n) is 4.03. The number of hydrogen-bond acceptors (Lipinski definition) is 1. The lowest BCUT2D eigenvalue weighted by Gasteiger charge is -2.40. The summed E-state index contributed by atoms with van der Waals surface area (Å²) < 4.78 is 0. The third-order valence-electron chi connectivity index (χ3n) is 3.41. The van der Waals surface area contributed by atoms with Gasteiger partial charge in [-0.15, -0.1) is 24.8 Å². The molecule has 13 heavy (non-hydrogen) atoms. The van der Waals surface area contributed by atoms with Crippen LogP contribution in [-0.4, -0.2) is 5.91 Å². The largest absolute Gasteiger partial charge is 0.369 e. The highest BCUT2D eigenvalue weighted by atomic mass is 35.5. The molecular weight excluding hydrogens is 209 g/mol. The third kappa shape index (κ3) is 2.50. The van der Waals surface area contributed by atoms with E-state index in [1.807, 2.05) is 0 Å². The molecular formula is C9H17Cl2NO. The van der Waals surface area contributed by atoms with Crippen molar-refractivity contribution in [1.29, 1.82) is 0 Å². The second-order valence-corrected chi connectivity index (χ2v) is 4.03. The Bertz CT molecular complexity index is 178. The number of nitrogens with two attached hydrogens (primary N) is 1. The van der Waals surface area contributed by atoms with E-state index in [1.54, 1.807) is 0 Å². The molecule has 0 radical (unpaired) electrons. The Labute approximate surface area is 91.5 Å². The van der Waals surface area contributed by atoms with Crippen molar-refractivity contribution in [3.8, 4) is 0 Å². The van der Waals surface area contributed by atoms with E-state index in [0.29, 0.717) is 5.92 Å². The molecule has 0 spiro atoms. The van der Waals surface area contributed by atoms with Gasteiger partial charge in [-0.05, 0) is 31.1 Å². The van der Waals surface area contributed by atoms with Gasteiger partial charge in [0.2, 0.25) is 5.91 Å². The molecule has 1 amide bonds. The van der Waals surface area contributed by atoms with Crippen LogP contribution in [0.4, 0.5) is 0 Å². The SMILES string of the molecule is Cl.Cl.NC(=O)C1CC2CCC1CC2. The van der Waals surface area contributed by atoms with Crippen LogP contribution in [0.2, 0.25) is 0 Å². The summed E-state index contributed by atoms with van der Waals surface area (Å²) in [5.74, 6) is 1.62. The van der Waals surface area contributed by atoms with Gasteiger partial charge in [0.15, 0.2) is 0 Å². The number of rotatable bonds is 1. The van der Waals surface area contributed by atoms with Crippen molar-refractivity contribution in [1.82, 2.24) is 0 Å². The molecule has 4 heteroatoms. The van der Waals surface area contributed by atoms with Crippen LogP contribution >= 0.6 is 24.8 Å². The molecule has 0 heterocycles. The average molecular weight is 226 g/mol. The molecule has 3 aliphatic rings. The maximum atomic E-state index is 11.0. The molecule has 3 aliphatic carbocycles. The van der Waals surface area contributed by atoms with E-state index in [4.69, 9.17) is 5.73 Å². The van der Waals surface area contributed by atoms with Crippen LogP contribution in [0.15, 0.2) is 0 Å². The fraction of sp³-hybridized carbons (Fsp3) is 0.889. The van der Waals surface area contributed by atoms with Crippen LogP contribution < -0.4 is 5.73 Å². The van der Waals surface area contributed by atoms with Crippen molar-refractivity contribution in [3.63, 3.8) is 0 Å². The predicted octanol–water partition coefficient (Wildman–Crippen LogP) is 2.14. The van der Waals surface area contributed by atoms with Crippen molar-refractivity contribution in [2.75, 3.05) is 0 Å². The van der Waals surface area contributed by atoms with Gasteiger partial charge in [0.05, 0.1) is 0 Å². The van der Waals surface area contributed by atoms with Gasteiger partial charge in [0.1, 0.15) is 0 Å². The molecule has 1 unspecified atom stereocenters. The fourth-order valence-corrected chi connectivity index (χ4v) is 2.73. The van der Waals surface area contributed by atoms with Gasteiger partial charge >= 0.3 is 0 Å². The van der Waals surface area contributed by atoms with E-state index < -0.39 is 0 Å². The first kappa shape index (κ1) is 13.1. The lowest BCUT2D eigenvalue weighted by Crippen LogP contribution is -2.39. The number of carbonyl (C=O) groups is 1. The van der Waals surface area contributed by atoms with Crippen LogP contribution in [0, 0.1) is 17.8 Å². The predicted molar refractivity (Wildman–Crippen MR) is 57.2 cm³/mol. The molecule has 2 N–H and O–H groups in total. The summed E-state index contributed by atoms with van der Waals surface area (Å²) in [5, 5.41) is 0. The molecule has 2 bridgehead atoms. The Morgan fingerprint density at radius 3 is 1.85 bits per heavy atom. The maximum Gasteiger partial charge on any atom is 0.220 e. The third-order valence-corrected chi connectivity index (χ3v) is 3.41. The van der Waals surface area contributed by atoms with E-state index in [9.17, 15) is 4.79 Å². The zero-order valence-electron chi connectivity index (χ0n) is 7.57. The first-order valence-corrected chi connectivity index (χ1v) is 4.56. The molecule has 3 fully saturated rings. The summed E-state index contributed by atoms with van der Waals surface area (Å²) >= 11 is 0. The summed E-state index contributed by atoms with van der Waals surface area (Å²) in [7, 11) is 0. The average Bonchev–Trinajstić information content (AvgIpc) is 2.06. The molecule has 0 aromatic heterocycles. The summed E-state index contributed by atoms with van der Waals surface area (Å²) in [5.41, 5.74) is 5.31. The van der Waals surface area contributed by atoms with Gasteiger partial charge in [-0.3, -0.25) is 4.79 Å². The molecule has 3 rings (SSSR count). The zero-order valence-corrected chi connectivity index (χ0v) is 9.20. The lowest BCUT2D eigenvalue weighted by atomic mass is 9.64. The topological polar surface area (TPSA) is 43.1 Å². The molecule has 0 saturated heterocycles. The number of primary amides is 1. The molecule has 2 nitrogen and oxygen atoms in total. The molecule has 78 valence electrons. The van der Waals surface area contributed by atoms with Crippen molar-refractivity contribution < 1.29 is 4.79 Å². The number of amides is 1. The number of fused-ring (bicyclic) bond motifs is 3. The Kier molecular flexibility index (Phi) is 5.08. The number of carbonyl (C=O) groups excluding carboxylic acids is 1. The molecule has 0 aliphatic heterocycles. The summed E-state index contributed by atoms with van der Waals surface area (Å²) in [6.45, 7) is 0. The summed E-state index contributed by atoms with van der Waals surface area (Å²) in [6.07, 6.45) is 6.26. The quantitative estimate of drug-likeness (QED) is 0.731. The van der Waals surface area contributed by atoms with E-state index >= 15 is 0 Å². The molecule has 3 saturated carbocycles. The van der Waals surface area contributed by atoms with Gasteiger partial charge in [0.25, 0.3) is 0 Å². The Balaban J connectivity index is 0.000000720. The van der Waals surface area contributed by atoms with Gasteiger partial charge in [0, 0.05) is 5.92 Å². The molecule has 0 aromatic rings. The van der Waals surface area contributed by atoms with E-state index in [1.165, 1.54) is 25.7 Å².